The normalized spacial score (nSPS) is 10.1. The first-order valence-electron chi connectivity index (χ1n) is 4.91. The number of hydrogen-bond donors (Lipinski definition) is 2. The number of aromatic nitrogens is 2. The van der Waals surface area contributed by atoms with E-state index in [1.54, 1.807) is 0 Å². The summed E-state index contributed by atoms with van der Waals surface area (Å²) in [6.07, 6.45) is 1.52. The van der Waals surface area contributed by atoms with Crippen LogP contribution in [0.1, 0.15) is 0 Å². The predicted molar refractivity (Wildman–Crippen MR) is 81.7 cm³/mol. The summed E-state index contributed by atoms with van der Waals surface area (Å²) in [5.74, 6) is 1.50. The lowest BCUT2D eigenvalue weighted by Crippen LogP contribution is -2.00. The Bertz CT molecular complexity index is 533. The minimum atomic E-state index is 0.742. The summed E-state index contributed by atoms with van der Waals surface area (Å²) in [4.78, 5) is 8.31. The summed E-state index contributed by atoms with van der Waals surface area (Å²) in [5, 5.41) is 6.24. The molecule has 1 aromatic carbocycles. The van der Waals surface area contributed by atoms with Gasteiger partial charge < -0.3 is 10.6 Å². The predicted octanol–water partition coefficient (Wildman–Crippen LogP) is 3.63. The molecule has 0 aliphatic rings. The molecular formula is C11H10BrIN4. The van der Waals surface area contributed by atoms with Crippen molar-refractivity contribution >= 4 is 55.8 Å². The SMILES string of the molecule is CNc1ncnc(Nc2cccc(I)c2)c1Br. The maximum absolute atomic E-state index is 4.20. The fourth-order valence-corrected chi connectivity index (χ4v) is 2.38. The van der Waals surface area contributed by atoms with Crippen molar-refractivity contribution in [3.05, 3.63) is 38.6 Å². The van der Waals surface area contributed by atoms with Crippen LogP contribution in [-0.2, 0) is 0 Å². The lowest BCUT2D eigenvalue weighted by Gasteiger charge is -2.09. The average molecular weight is 405 g/mol. The monoisotopic (exact) mass is 404 g/mol. The minimum Gasteiger partial charge on any atom is -0.372 e. The van der Waals surface area contributed by atoms with Gasteiger partial charge in [-0.05, 0) is 56.7 Å². The first kappa shape index (κ1) is 12.6. The van der Waals surface area contributed by atoms with Crippen molar-refractivity contribution in [1.82, 2.24) is 9.97 Å². The smallest absolute Gasteiger partial charge is 0.150 e. The fourth-order valence-electron chi connectivity index (χ4n) is 1.33. The van der Waals surface area contributed by atoms with Gasteiger partial charge in [0.25, 0.3) is 0 Å². The van der Waals surface area contributed by atoms with E-state index in [0.717, 1.165) is 21.8 Å². The molecule has 2 aromatic rings. The quantitative estimate of drug-likeness (QED) is 0.767. The van der Waals surface area contributed by atoms with Crippen LogP contribution in [0.5, 0.6) is 0 Å². The van der Waals surface area contributed by atoms with E-state index in [-0.39, 0.29) is 0 Å². The van der Waals surface area contributed by atoms with E-state index < -0.39 is 0 Å². The second-order valence-corrected chi connectivity index (χ2v) is 5.31. The lowest BCUT2D eigenvalue weighted by molar-refractivity contribution is 1.14. The maximum Gasteiger partial charge on any atom is 0.150 e. The molecule has 0 saturated heterocycles. The third kappa shape index (κ3) is 3.06. The number of rotatable bonds is 3. The summed E-state index contributed by atoms with van der Waals surface area (Å²) in [6, 6.07) is 8.09. The fraction of sp³-hybridized carbons (Fsp3) is 0.0909. The van der Waals surface area contributed by atoms with E-state index in [9.17, 15) is 0 Å². The number of anilines is 3. The van der Waals surface area contributed by atoms with Crippen molar-refractivity contribution < 1.29 is 0 Å². The van der Waals surface area contributed by atoms with Crippen molar-refractivity contribution in [2.24, 2.45) is 0 Å². The highest BCUT2D eigenvalue weighted by Gasteiger charge is 2.07. The zero-order valence-corrected chi connectivity index (χ0v) is 12.8. The molecule has 88 valence electrons. The largest absolute Gasteiger partial charge is 0.372 e. The van der Waals surface area contributed by atoms with Crippen LogP contribution in [0.3, 0.4) is 0 Å². The van der Waals surface area contributed by atoms with E-state index in [4.69, 9.17) is 0 Å². The Labute approximate surface area is 122 Å². The summed E-state index contributed by atoms with van der Waals surface area (Å²) < 4.78 is 1.99. The Hall–Kier alpha value is -0.890. The topological polar surface area (TPSA) is 49.8 Å². The molecule has 6 heteroatoms. The second kappa shape index (κ2) is 5.63. The van der Waals surface area contributed by atoms with Gasteiger partial charge in [-0.15, -0.1) is 0 Å². The third-order valence-electron chi connectivity index (χ3n) is 2.11. The van der Waals surface area contributed by atoms with Crippen molar-refractivity contribution in [2.75, 3.05) is 17.7 Å². The lowest BCUT2D eigenvalue weighted by atomic mass is 10.3. The molecule has 0 aliphatic carbocycles. The number of nitrogens with zero attached hydrogens (tertiary/aromatic N) is 2. The Balaban J connectivity index is 2.30. The van der Waals surface area contributed by atoms with Crippen LogP contribution in [0.25, 0.3) is 0 Å². The Kier molecular flexibility index (Phi) is 4.16. The summed E-state index contributed by atoms with van der Waals surface area (Å²) >= 11 is 5.74. The molecule has 17 heavy (non-hydrogen) atoms. The standard InChI is InChI=1S/C11H10BrIN4/c1-14-10-9(12)11(16-6-15-10)17-8-4-2-3-7(13)5-8/h2-6H,1H3,(H2,14,15,16,17). The molecule has 0 atom stereocenters. The van der Waals surface area contributed by atoms with Crippen LogP contribution in [0.15, 0.2) is 35.1 Å². The van der Waals surface area contributed by atoms with Crippen LogP contribution in [0, 0.1) is 3.57 Å². The van der Waals surface area contributed by atoms with Crippen LogP contribution in [-0.4, -0.2) is 17.0 Å². The molecule has 2 N–H and O–H groups in total. The molecule has 0 saturated carbocycles. The van der Waals surface area contributed by atoms with Crippen molar-refractivity contribution in [3.63, 3.8) is 0 Å². The highest BCUT2D eigenvalue weighted by molar-refractivity contribution is 14.1. The van der Waals surface area contributed by atoms with Crippen LogP contribution in [0.4, 0.5) is 17.3 Å². The van der Waals surface area contributed by atoms with Gasteiger partial charge >= 0.3 is 0 Å². The van der Waals surface area contributed by atoms with Gasteiger partial charge in [-0.3, -0.25) is 0 Å². The van der Waals surface area contributed by atoms with Gasteiger partial charge in [0.05, 0.1) is 0 Å². The molecule has 0 fully saturated rings. The highest BCUT2D eigenvalue weighted by Crippen LogP contribution is 2.28. The molecule has 0 radical (unpaired) electrons. The van der Waals surface area contributed by atoms with E-state index in [0.29, 0.717) is 0 Å². The number of benzene rings is 1. The van der Waals surface area contributed by atoms with Gasteiger partial charge in [-0.1, -0.05) is 6.07 Å². The maximum atomic E-state index is 4.20. The number of nitrogens with one attached hydrogen (secondary N) is 2. The van der Waals surface area contributed by atoms with Crippen molar-refractivity contribution in [2.45, 2.75) is 0 Å². The van der Waals surface area contributed by atoms with Gasteiger partial charge in [-0.25, -0.2) is 9.97 Å². The van der Waals surface area contributed by atoms with E-state index in [1.807, 2.05) is 31.3 Å². The summed E-state index contributed by atoms with van der Waals surface area (Å²) in [5.41, 5.74) is 0.998. The van der Waals surface area contributed by atoms with Gasteiger partial charge in [0.2, 0.25) is 0 Å². The Morgan fingerprint density at radius 3 is 2.71 bits per heavy atom. The zero-order chi connectivity index (χ0) is 12.3. The molecule has 0 unspecified atom stereocenters. The van der Waals surface area contributed by atoms with Gasteiger partial charge in [-0.2, -0.15) is 0 Å². The number of hydrogen-bond acceptors (Lipinski definition) is 4. The van der Waals surface area contributed by atoms with E-state index >= 15 is 0 Å². The molecule has 0 spiro atoms. The van der Waals surface area contributed by atoms with Crippen molar-refractivity contribution in [3.8, 4) is 0 Å². The second-order valence-electron chi connectivity index (χ2n) is 3.27. The first-order valence-corrected chi connectivity index (χ1v) is 6.78. The molecule has 1 heterocycles. The molecular weight excluding hydrogens is 395 g/mol. The highest BCUT2D eigenvalue weighted by atomic mass is 127. The van der Waals surface area contributed by atoms with Crippen molar-refractivity contribution in [1.29, 1.82) is 0 Å². The number of halogens is 2. The molecule has 0 aliphatic heterocycles. The summed E-state index contributed by atoms with van der Waals surface area (Å²) in [6.45, 7) is 0. The minimum absolute atomic E-state index is 0.742. The molecule has 4 nitrogen and oxygen atoms in total. The average Bonchev–Trinajstić information content (AvgIpc) is 2.32. The Morgan fingerprint density at radius 1 is 1.24 bits per heavy atom. The summed E-state index contributed by atoms with van der Waals surface area (Å²) in [7, 11) is 1.82. The third-order valence-corrected chi connectivity index (χ3v) is 3.54. The molecule has 2 rings (SSSR count). The van der Waals surface area contributed by atoms with Crippen LogP contribution < -0.4 is 10.6 Å². The Morgan fingerprint density at radius 2 is 2.00 bits per heavy atom. The van der Waals surface area contributed by atoms with E-state index in [1.165, 1.54) is 9.90 Å². The van der Waals surface area contributed by atoms with E-state index in [2.05, 4.69) is 59.1 Å². The molecule has 0 amide bonds. The molecule has 1 aromatic heterocycles. The van der Waals surface area contributed by atoms with Gasteiger partial charge in [0.15, 0.2) is 0 Å². The van der Waals surface area contributed by atoms with Crippen LogP contribution >= 0.6 is 38.5 Å². The molecule has 0 bridgehead atoms. The van der Waals surface area contributed by atoms with Gasteiger partial charge in [0.1, 0.15) is 22.4 Å². The van der Waals surface area contributed by atoms with Crippen LogP contribution in [0.2, 0.25) is 0 Å². The zero-order valence-electron chi connectivity index (χ0n) is 9.04. The first-order chi connectivity index (χ1) is 8.20. The van der Waals surface area contributed by atoms with Gasteiger partial charge in [0, 0.05) is 16.3 Å².